The first kappa shape index (κ1) is 22.4. The normalized spacial score (nSPS) is 14.5. The van der Waals surface area contributed by atoms with Crippen LogP contribution in [0.25, 0.3) is 22.0 Å². The van der Waals surface area contributed by atoms with Gasteiger partial charge in [-0.05, 0) is 40.8 Å². The van der Waals surface area contributed by atoms with Crippen LogP contribution >= 0.6 is 34.5 Å². The fraction of sp³-hybridized carbons (Fsp3) is 0.240. The summed E-state index contributed by atoms with van der Waals surface area (Å²) in [5, 5.41) is 7.58. The summed E-state index contributed by atoms with van der Waals surface area (Å²) < 4.78 is 10.8. The van der Waals surface area contributed by atoms with Crippen molar-refractivity contribution in [2.75, 3.05) is 38.7 Å². The zero-order valence-corrected chi connectivity index (χ0v) is 20.4. The Kier molecular flexibility index (Phi) is 6.71. The monoisotopic (exact) mass is 499 g/mol. The molecule has 0 saturated carbocycles. The van der Waals surface area contributed by atoms with Crippen molar-refractivity contribution in [2.24, 2.45) is 0 Å². The van der Waals surface area contributed by atoms with E-state index in [4.69, 9.17) is 32.7 Å². The largest absolute Gasteiger partial charge is 0.495 e. The molecule has 0 amide bonds. The third-order valence-electron chi connectivity index (χ3n) is 5.78. The highest BCUT2D eigenvalue weighted by Gasteiger charge is 2.16. The van der Waals surface area contributed by atoms with E-state index in [0.29, 0.717) is 15.8 Å². The smallest absolute Gasteiger partial charge is 0.139 e. The lowest BCUT2D eigenvalue weighted by atomic mass is 10.0. The van der Waals surface area contributed by atoms with Crippen molar-refractivity contribution in [3.63, 3.8) is 0 Å². The summed E-state index contributed by atoms with van der Waals surface area (Å²) >= 11 is 14.4. The molecule has 4 aromatic rings. The van der Waals surface area contributed by atoms with Gasteiger partial charge >= 0.3 is 0 Å². The average Bonchev–Trinajstić information content (AvgIpc) is 3.29. The second kappa shape index (κ2) is 9.87. The summed E-state index contributed by atoms with van der Waals surface area (Å²) in [7, 11) is 1.58. The van der Waals surface area contributed by atoms with E-state index in [1.54, 1.807) is 36.8 Å². The van der Waals surface area contributed by atoms with Gasteiger partial charge in [-0.3, -0.25) is 9.88 Å². The molecular formula is C25H23Cl2N3O2S. The van der Waals surface area contributed by atoms with Crippen LogP contribution in [0.5, 0.6) is 5.75 Å². The number of aromatic nitrogens is 1. The van der Waals surface area contributed by atoms with Crippen molar-refractivity contribution in [1.29, 1.82) is 0 Å². The lowest BCUT2D eigenvalue weighted by Gasteiger charge is -2.26. The highest BCUT2D eigenvalue weighted by atomic mass is 35.5. The zero-order chi connectivity index (χ0) is 22.8. The molecule has 0 atom stereocenters. The average molecular weight is 500 g/mol. The van der Waals surface area contributed by atoms with Gasteiger partial charge in [0.15, 0.2) is 0 Å². The van der Waals surface area contributed by atoms with Gasteiger partial charge in [0.25, 0.3) is 0 Å². The number of thiophene rings is 1. The lowest BCUT2D eigenvalue weighted by molar-refractivity contribution is 0.0347. The van der Waals surface area contributed by atoms with Gasteiger partial charge in [-0.1, -0.05) is 35.3 Å². The Bertz CT molecular complexity index is 1290. The Morgan fingerprint density at radius 3 is 2.73 bits per heavy atom. The molecule has 1 saturated heterocycles. The summed E-state index contributed by atoms with van der Waals surface area (Å²) in [5.74, 6) is 0.564. The maximum atomic E-state index is 6.42. The summed E-state index contributed by atoms with van der Waals surface area (Å²) in [6.45, 7) is 4.51. The number of morpholine rings is 1. The molecule has 33 heavy (non-hydrogen) atoms. The first-order valence-electron chi connectivity index (χ1n) is 10.7. The summed E-state index contributed by atoms with van der Waals surface area (Å²) in [6.07, 6.45) is 1.80. The van der Waals surface area contributed by atoms with Crippen molar-refractivity contribution >= 4 is 56.8 Å². The van der Waals surface area contributed by atoms with E-state index in [-0.39, 0.29) is 0 Å². The minimum Gasteiger partial charge on any atom is -0.495 e. The number of anilines is 2. The van der Waals surface area contributed by atoms with Gasteiger partial charge in [0, 0.05) is 47.8 Å². The first-order valence-corrected chi connectivity index (χ1v) is 12.3. The van der Waals surface area contributed by atoms with Crippen LogP contribution in [0.2, 0.25) is 10.0 Å². The fourth-order valence-electron chi connectivity index (χ4n) is 4.03. The number of hydrogen-bond acceptors (Lipinski definition) is 6. The number of ether oxygens (including phenoxy) is 2. The molecule has 5 nitrogen and oxygen atoms in total. The van der Waals surface area contributed by atoms with Crippen molar-refractivity contribution in [3.05, 3.63) is 69.0 Å². The molecule has 5 rings (SSSR count). The number of nitrogens with zero attached hydrogens (tertiary/aromatic N) is 2. The molecule has 1 aliphatic rings. The molecule has 3 heterocycles. The summed E-state index contributed by atoms with van der Waals surface area (Å²) in [5.41, 5.74) is 4.98. The highest BCUT2D eigenvalue weighted by molar-refractivity contribution is 7.10. The quantitative estimate of drug-likeness (QED) is 0.314. The van der Waals surface area contributed by atoms with Crippen LogP contribution in [-0.2, 0) is 11.3 Å². The topological polar surface area (TPSA) is 46.6 Å². The maximum Gasteiger partial charge on any atom is 0.139 e. The SMILES string of the molecule is COc1cc(Nc2ccnc3cc(-c4ccsc4CN4CCOCC4)ccc23)c(Cl)cc1Cl. The van der Waals surface area contributed by atoms with Crippen LogP contribution in [0.1, 0.15) is 4.88 Å². The van der Waals surface area contributed by atoms with Gasteiger partial charge in [0.1, 0.15) is 5.75 Å². The summed E-state index contributed by atoms with van der Waals surface area (Å²) in [4.78, 5) is 8.44. The molecule has 170 valence electrons. The second-order valence-electron chi connectivity index (χ2n) is 7.83. The molecule has 0 unspecified atom stereocenters. The van der Waals surface area contributed by atoms with Crippen molar-refractivity contribution < 1.29 is 9.47 Å². The molecule has 0 bridgehead atoms. The van der Waals surface area contributed by atoms with Crippen LogP contribution in [0, 0.1) is 0 Å². The number of fused-ring (bicyclic) bond motifs is 1. The Balaban J connectivity index is 1.45. The first-order chi connectivity index (χ1) is 16.1. The molecule has 8 heteroatoms. The number of halogens is 2. The molecule has 1 N–H and O–H groups in total. The summed E-state index contributed by atoms with van der Waals surface area (Å²) in [6, 6.07) is 14.0. The van der Waals surface area contributed by atoms with Crippen LogP contribution in [0.15, 0.2) is 54.0 Å². The Morgan fingerprint density at radius 2 is 1.91 bits per heavy atom. The second-order valence-corrected chi connectivity index (χ2v) is 9.64. The van der Waals surface area contributed by atoms with Gasteiger partial charge in [0.2, 0.25) is 0 Å². The predicted octanol–water partition coefficient (Wildman–Crippen LogP) is 6.85. The van der Waals surface area contributed by atoms with E-state index >= 15 is 0 Å². The molecule has 0 radical (unpaired) electrons. The van der Waals surface area contributed by atoms with E-state index in [9.17, 15) is 0 Å². The number of methoxy groups -OCH3 is 1. The van der Waals surface area contributed by atoms with E-state index < -0.39 is 0 Å². The van der Waals surface area contributed by atoms with E-state index in [1.807, 2.05) is 6.07 Å². The van der Waals surface area contributed by atoms with Crippen molar-refractivity contribution in [3.8, 4) is 16.9 Å². The number of rotatable bonds is 6. The Labute approximate surface area is 206 Å². The third-order valence-corrected chi connectivity index (χ3v) is 7.29. The minimum absolute atomic E-state index is 0.473. The third kappa shape index (κ3) is 4.81. The van der Waals surface area contributed by atoms with Gasteiger partial charge in [-0.2, -0.15) is 0 Å². The van der Waals surface area contributed by atoms with Gasteiger partial charge < -0.3 is 14.8 Å². The minimum atomic E-state index is 0.473. The van der Waals surface area contributed by atoms with Crippen LogP contribution in [-0.4, -0.2) is 43.3 Å². The lowest BCUT2D eigenvalue weighted by Crippen LogP contribution is -2.35. The van der Waals surface area contributed by atoms with Gasteiger partial charge in [-0.25, -0.2) is 0 Å². The highest BCUT2D eigenvalue weighted by Crippen LogP contribution is 2.38. The van der Waals surface area contributed by atoms with Crippen molar-refractivity contribution in [2.45, 2.75) is 6.54 Å². The van der Waals surface area contributed by atoms with Crippen LogP contribution in [0.3, 0.4) is 0 Å². The number of hydrogen-bond donors (Lipinski definition) is 1. The van der Waals surface area contributed by atoms with Gasteiger partial charge in [0.05, 0.1) is 41.6 Å². The van der Waals surface area contributed by atoms with Crippen molar-refractivity contribution in [1.82, 2.24) is 9.88 Å². The molecule has 0 spiro atoms. The van der Waals surface area contributed by atoms with E-state index in [0.717, 1.165) is 55.1 Å². The van der Waals surface area contributed by atoms with Crippen LogP contribution in [0.4, 0.5) is 11.4 Å². The number of pyridine rings is 1. The molecule has 2 aromatic heterocycles. The molecular weight excluding hydrogens is 477 g/mol. The predicted molar refractivity (Wildman–Crippen MR) is 137 cm³/mol. The fourth-order valence-corrected chi connectivity index (χ4v) is 5.48. The molecule has 0 aliphatic carbocycles. The number of nitrogens with one attached hydrogen (secondary N) is 1. The Morgan fingerprint density at radius 1 is 1.06 bits per heavy atom. The maximum absolute atomic E-state index is 6.42. The molecule has 2 aromatic carbocycles. The zero-order valence-electron chi connectivity index (χ0n) is 18.1. The van der Waals surface area contributed by atoms with E-state index in [2.05, 4.69) is 44.8 Å². The molecule has 1 fully saturated rings. The van der Waals surface area contributed by atoms with E-state index in [1.165, 1.54) is 16.0 Å². The Hall–Kier alpha value is -2.35. The standard InChI is InChI=1S/C25H23Cl2N3O2S/c1-31-24-14-23(19(26)13-20(24)27)29-21-4-6-28-22-12-16(2-3-18(21)22)17-5-11-33-25(17)15-30-7-9-32-10-8-30/h2-6,11-14H,7-10,15H2,1H3,(H,28,29). The number of benzene rings is 2. The van der Waals surface area contributed by atoms with Crippen LogP contribution < -0.4 is 10.1 Å². The van der Waals surface area contributed by atoms with Gasteiger partial charge in [-0.15, -0.1) is 11.3 Å². The molecule has 1 aliphatic heterocycles.